The maximum atomic E-state index is 11.5. The molecule has 3 nitrogen and oxygen atoms in total. The zero-order valence-electron chi connectivity index (χ0n) is 7.24. The van der Waals surface area contributed by atoms with E-state index in [9.17, 15) is 4.79 Å². The molecule has 1 aliphatic rings. The Hall–Kier alpha value is -0.290. The van der Waals surface area contributed by atoms with Gasteiger partial charge in [-0.2, -0.15) is 0 Å². The maximum absolute atomic E-state index is 11.5. The molecule has 12 heavy (non-hydrogen) atoms. The van der Waals surface area contributed by atoms with Gasteiger partial charge in [-0.25, -0.2) is 4.79 Å². The van der Waals surface area contributed by atoms with Gasteiger partial charge in [0.2, 0.25) is 0 Å². The molecule has 1 rings (SSSR count). The molecule has 0 N–H and O–H groups in total. The van der Waals surface area contributed by atoms with E-state index in [2.05, 4.69) is 0 Å². The molecule has 5 heteroatoms. The summed E-state index contributed by atoms with van der Waals surface area (Å²) in [5.74, 6) is 1.04. The first-order chi connectivity index (χ1) is 5.63. The molecule has 0 bridgehead atoms. The van der Waals surface area contributed by atoms with Crippen LogP contribution in [-0.4, -0.2) is 46.5 Å². The van der Waals surface area contributed by atoms with Gasteiger partial charge in [0.25, 0.3) is 0 Å². The second-order valence-corrected chi connectivity index (χ2v) is 4.53. The molecule has 0 aromatic heterocycles. The number of thioether (sulfide) groups is 1. The Morgan fingerprint density at radius 1 is 1.67 bits per heavy atom. The molecule has 0 radical (unpaired) electrons. The first-order valence-electron chi connectivity index (χ1n) is 3.78. The minimum Gasteiger partial charge on any atom is -0.330 e. The molecule has 2 amide bonds. The van der Waals surface area contributed by atoms with Crippen LogP contribution in [0.3, 0.4) is 0 Å². The van der Waals surface area contributed by atoms with Crippen molar-refractivity contribution in [1.82, 2.24) is 9.80 Å². The molecule has 0 saturated carbocycles. The molecule has 0 aliphatic carbocycles. The summed E-state index contributed by atoms with van der Waals surface area (Å²) in [6, 6.07) is -0.00722. The third-order valence-electron chi connectivity index (χ3n) is 1.59. The average molecular weight is 204 g/mol. The van der Waals surface area contributed by atoms with Crippen LogP contribution in [-0.2, 0) is 0 Å². The van der Waals surface area contributed by atoms with Gasteiger partial charge in [0.15, 0.2) is 0 Å². The summed E-state index contributed by atoms with van der Waals surface area (Å²) in [5, 5.41) is 0. The van der Waals surface area contributed by atoms with Gasteiger partial charge in [-0.05, 0) is 6.42 Å². The summed E-state index contributed by atoms with van der Waals surface area (Å²) in [6.07, 6.45) is 1.03. The van der Waals surface area contributed by atoms with Crippen LogP contribution in [0.25, 0.3) is 0 Å². The minimum absolute atomic E-state index is 0.00722. The highest BCUT2D eigenvalue weighted by Gasteiger charge is 2.22. The number of carbonyl (C=O) groups excluding carboxylic acids is 1. The van der Waals surface area contributed by atoms with E-state index in [4.69, 9.17) is 12.2 Å². The van der Waals surface area contributed by atoms with Gasteiger partial charge in [-0.1, -0.05) is 24.0 Å². The average Bonchev–Trinajstić information content (AvgIpc) is 2.04. The SMILES string of the molecule is CN(C)C(=O)N1CCCSC1=S. The molecule has 0 spiro atoms. The molecule has 1 aliphatic heterocycles. The molecular weight excluding hydrogens is 192 g/mol. The summed E-state index contributed by atoms with van der Waals surface area (Å²) in [4.78, 5) is 14.7. The van der Waals surface area contributed by atoms with Gasteiger partial charge in [-0.3, -0.25) is 4.90 Å². The molecular formula is C7H12N2OS2. The van der Waals surface area contributed by atoms with E-state index in [1.165, 1.54) is 0 Å². The van der Waals surface area contributed by atoms with Crippen LogP contribution in [0.1, 0.15) is 6.42 Å². The highest BCUT2D eigenvalue weighted by molar-refractivity contribution is 8.23. The summed E-state index contributed by atoms with van der Waals surface area (Å²) < 4.78 is 0.708. The number of nitrogens with zero attached hydrogens (tertiary/aromatic N) is 2. The van der Waals surface area contributed by atoms with Crippen LogP contribution in [0.2, 0.25) is 0 Å². The van der Waals surface area contributed by atoms with Crippen LogP contribution >= 0.6 is 24.0 Å². The summed E-state index contributed by atoms with van der Waals surface area (Å²) in [7, 11) is 3.48. The quantitative estimate of drug-likeness (QED) is 0.557. The van der Waals surface area contributed by atoms with Gasteiger partial charge in [0.1, 0.15) is 4.32 Å². The highest BCUT2D eigenvalue weighted by Crippen LogP contribution is 2.18. The lowest BCUT2D eigenvalue weighted by atomic mass is 10.4. The molecule has 1 fully saturated rings. The van der Waals surface area contributed by atoms with E-state index < -0.39 is 0 Å². The Kier molecular flexibility index (Phi) is 3.34. The number of carbonyl (C=O) groups is 1. The number of thiocarbonyl (C=S) groups is 1. The highest BCUT2D eigenvalue weighted by atomic mass is 32.2. The van der Waals surface area contributed by atoms with Crippen LogP contribution < -0.4 is 0 Å². The van der Waals surface area contributed by atoms with E-state index in [0.717, 1.165) is 18.7 Å². The number of amides is 2. The maximum Gasteiger partial charge on any atom is 0.325 e. The normalized spacial score (nSPS) is 17.8. The number of hydrogen-bond acceptors (Lipinski definition) is 3. The Morgan fingerprint density at radius 3 is 2.83 bits per heavy atom. The van der Waals surface area contributed by atoms with E-state index in [-0.39, 0.29) is 6.03 Å². The predicted molar refractivity (Wildman–Crippen MR) is 55.5 cm³/mol. The Labute approximate surface area is 82.1 Å². The van der Waals surface area contributed by atoms with Crippen molar-refractivity contribution in [3.05, 3.63) is 0 Å². The first-order valence-corrected chi connectivity index (χ1v) is 5.18. The van der Waals surface area contributed by atoms with Gasteiger partial charge < -0.3 is 4.90 Å². The zero-order chi connectivity index (χ0) is 9.14. The molecule has 1 saturated heterocycles. The number of rotatable bonds is 0. The van der Waals surface area contributed by atoms with Gasteiger partial charge >= 0.3 is 6.03 Å². The van der Waals surface area contributed by atoms with Crippen molar-refractivity contribution in [3.63, 3.8) is 0 Å². The van der Waals surface area contributed by atoms with Crippen molar-refractivity contribution >= 4 is 34.3 Å². The molecule has 0 unspecified atom stereocenters. The molecule has 0 aromatic carbocycles. The standard InChI is InChI=1S/C7H12N2OS2/c1-8(2)6(10)9-4-3-5-12-7(9)11/h3-5H2,1-2H3. The smallest absolute Gasteiger partial charge is 0.325 e. The Morgan fingerprint density at radius 2 is 2.33 bits per heavy atom. The zero-order valence-corrected chi connectivity index (χ0v) is 8.87. The molecule has 1 heterocycles. The molecule has 68 valence electrons. The lowest BCUT2D eigenvalue weighted by Gasteiger charge is -2.29. The Bertz CT molecular complexity index is 206. The fourth-order valence-corrected chi connectivity index (χ4v) is 2.16. The third kappa shape index (κ3) is 2.10. The van der Waals surface area contributed by atoms with E-state index >= 15 is 0 Å². The van der Waals surface area contributed by atoms with Crippen molar-refractivity contribution in [3.8, 4) is 0 Å². The van der Waals surface area contributed by atoms with Crippen molar-refractivity contribution in [1.29, 1.82) is 0 Å². The monoisotopic (exact) mass is 204 g/mol. The fraction of sp³-hybridized carbons (Fsp3) is 0.714. The molecule has 0 aromatic rings. The Balaban J connectivity index is 2.60. The van der Waals surface area contributed by atoms with E-state index in [1.807, 2.05) is 0 Å². The lowest BCUT2D eigenvalue weighted by molar-refractivity contribution is 0.195. The first kappa shape index (κ1) is 9.80. The third-order valence-corrected chi connectivity index (χ3v) is 3.12. The summed E-state index contributed by atoms with van der Waals surface area (Å²) in [5.41, 5.74) is 0. The second-order valence-electron chi connectivity index (χ2n) is 2.80. The predicted octanol–water partition coefficient (Wildman–Crippen LogP) is 1.39. The topological polar surface area (TPSA) is 23.6 Å². The van der Waals surface area contributed by atoms with Crippen molar-refractivity contribution in [2.24, 2.45) is 0 Å². The minimum atomic E-state index is -0.00722. The fourth-order valence-electron chi connectivity index (χ4n) is 0.967. The van der Waals surface area contributed by atoms with E-state index in [0.29, 0.717) is 4.32 Å². The number of urea groups is 1. The van der Waals surface area contributed by atoms with Gasteiger partial charge in [0.05, 0.1) is 0 Å². The second kappa shape index (κ2) is 4.09. The van der Waals surface area contributed by atoms with E-state index in [1.54, 1.807) is 35.7 Å². The van der Waals surface area contributed by atoms with Crippen LogP contribution in [0, 0.1) is 0 Å². The molecule has 0 atom stereocenters. The summed E-state index contributed by atoms with van der Waals surface area (Å²) in [6.45, 7) is 0.767. The van der Waals surface area contributed by atoms with Crippen LogP contribution in [0.4, 0.5) is 4.79 Å². The van der Waals surface area contributed by atoms with Crippen LogP contribution in [0.15, 0.2) is 0 Å². The number of hydrogen-bond donors (Lipinski definition) is 0. The van der Waals surface area contributed by atoms with Crippen LogP contribution in [0.5, 0.6) is 0 Å². The van der Waals surface area contributed by atoms with Crippen molar-refractivity contribution in [2.45, 2.75) is 6.42 Å². The van der Waals surface area contributed by atoms with Crippen molar-refractivity contribution < 1.29 is 4.79 Å². The summed E-state index contributed by atoms with van der Waals surface area (Å²) >= 11 is 6.65. The van der Waals surface area contributed by atoms with Gasteiger partial charge in [0, 0.05) is 26.4 Å². The largest absolute Gasteiger partial charge is 0.330 e. The van der Waals surface area contributed by atoms with Gasteiger partial charge in [-0.15, -0.1) is 0 Å². The lowest BCUT2D eigenvalue weighted by Crippen LogP contribution is -2.43. The van der Waals surface area contributed by atoms with Crippen molar-refractivity contribution in [2.75, 3.05) is 26.4 Å².